The number of methoxy groups -OCH3 is 1. The fourth-order valence-corrected chi connectivity index (χ4v) is 3.14. The van der Waals surface area contributed by atoms with E-state index in [4.69, 9.17) is 16.3 Å². The highest BCUT2D eigenvalue weighted by atomic mass is 35.5. The Morgan fingerprint density at radius 3 is 2.52 bits per heavy atom. The summed E-state index contributed by atoms with van der Waals surface area (Å²) in [4.78, 5) is 0. The average molecular weight is 314 g/mol. The number of ether oxygens (including phenoxy) is 1. The van der Waals surface area contributed by atoms with Crippen LogP contribution >= 0.6 is 11.6 Å². The summed E-state index contributed by atoms with van der Waals surface area (Å²) in [6.07, 6.45) is 6.24. The molecule has 1 aromatic rings. The van der Waals surface area contributed by atoms with Gasteiger partial charge in [0.05, 0.1) is 12.7 Å². The topological polar surface area (TPSA) is 61.7 Å². The van der Waals surface area contributed by atoms with Gasteiger partial charge in [0.15, 0.2) is 11.5 Å². The molecule has 1 aliphatic rings. The van der Waals surface area contributed by atoms with Crippen molar-refractivity contribution in [3.63, 3.8) is 0 Å². The second-order valence-corrected chi connectivity index (χ2v) is 6.29. The van der Waals surface area contributed by atoms with Crippen molar-refractivity contribution < 1.29 is 14.9 Å². The van der Waals surface area contributed by atoms with Gasteiger partial charge in [-0.25, -0.2) is 0 Å². The Bertz CT molecular complexity index is 471. The minimum Gasteiger partial charge on any atom is -0.504 e. The number of phenolic OH excluding ortho intramolecular Hbond substituents is 1. The molecule has 0 saturated heterocycles. The standard InChI is InChI=1S/C16H24ClNO3/c1-21-14-9-13(17)8-12(15(14)19)10-18-11-16(20)6-4-2-3-5-7-16/h8-9,18-20H,2-7,10-11H2,1H3. The van der Waals surface area contributed by atoms with Crippen molar-refractivity contribution in [2.75, 3.05) is 13.7 Å². The van der Waals surface area contributed by atoms with Crippen LogP contribution in [0.2, 0.25) is 5.02 Å². The van der Waals surface area contributed by atoms with Crippen molar-refractivity contribution in [2.24, 2.45) is 0 Å². The first-order chi connectivity index (χ1) is 10.0. The fourth-order valence-electron chi connectivity index (χ4n) is 2.91. The number of hydrogen-bond acceptors (Lipinski definition) is 4. The monoisotopic (exact) mass is 313 g/mol. The lowest BCUT2D eigenvalue weighted by molar-refractivity contribution is 0.0250. The van der Waals surface area contributed by atoms with Crippen LogP contribution in [0.5, 0.6) is 11.5 Å². The van der Waals surface area contributed by atoms with E-state index in [0.717, 1.165) is 25.7 Å². The molecule has 5 heteroatoms. The predicted molar refractivity (Wildman–Crippen MR) is 84.0 cm³/mol. The summed E-state index contributed by atoms with van der Waals surface area (Å²) in [7, 11) is 1.50. The summed E-state index contributed by atoms with van der Waals surface area (Å²) in [5.74, 6) is 0.467. The van der Waals surface area contributed by atoms with E-state index < -0.39 is 5.60 Å². The third kappa shape index (κ3) is 4.50. The molecule has 0 amide bonds. The van der Waals surface area contributed by atoms with Crippen molar-refractivity contribution >= 4 is 11.6 Å². The molecular weight excluding hydrogens is 290 g/mol. The zero-order chi connectivity index (χ0) is 15.3. The van der Waals surface area contributed by atoms with Gasteiger partial charge >= 0.3 is 0 Å². The van der Waals surface area contributed by atoms with Crippen LogP contribution in [-0.2, 0) is 6.54 Å². The number of hydrogen-bond donors (Lipinski definition) is 3. The first-order valence-corrected chi connectivity index (χ1v) is 7.90. The Hall–Kier alpha value is -0.970. The number of phenols is 1. The van der Waals surface area contributed by atoms with Crippen molar-refractivity contribution in [2.45, 2.75) is 50.7 Å². The summed E-state index contributed by atoms with van der Waals surface area (Å²) >= 11 is 6.01. The van der Waals surface area contributed by atoms with Crippen LogP contribution in [0, 0.1) is 0 Å². The molecule has 1 aliphatic carbocycles. The molecule has 0 heterocycles. The summed E-state index contributed by atoms with van der Waals surface area (Å²) < 4.78 is 5.09. The maximum Gasteiger partial charge on any atom is 0.162 e. The lowest BCUT2D eigenvalue weighted by Gasteiger charge is -2.27. The second-order valence-electron chi connectivity index (χ2n) is 5.86. The number of aromatic hydroxyl groups is 1. The molecule has 0 radical (unpaired) electrons. The molecule has 118 valence electrons. The van der Waals surface area contributed by atoms with Crippen LogP contribution in [-0.4, -0.2) is 29.5 Å². The van der Waals surface area contributed by atoms with Crippen molar-refractivity contribution in [1.29, 1.82) is 0 Å². The van der Waals surface area contributed by atoms with Crippen LogP contribution in [0.3, 0.4) is 0 Å². The van der Waals surface area contributed by atoms with Gasteiger partial charge in [0.25, 0.3) is 0 Å². The fraction of sp³-hybridized carbons (Fsp3) is 0.625. The molecule has 0 bridgehead atoms. The minimum atomic E-state index is -0.630. The first kappa shape index (κ1) is 16.4. The van der Waals surface area contributed by atoms with E-state index in [2.05, 4.69) is 5.32 Å². The lowest BCUT2D eigenvalue weighted by atomic mass is 9.94. The highest BCUT2D eigenvalue weighted by Crippen LogP contribution is 2.33. The molecular formula is C16H24ClNO3. The quantitative estimate of drug-likeness (QED) is 0.730. The average Bonchev–Trinajstić information content (AvgIpc) is 2.67. The van der Waals surface area contributed by atoms with Crippen molar-refractivity contribution in [3.8, 4) is 11.5 Å². The van der Waals surface area contributed by atoms with Gasteiger partial charge in [0, 0.05) is 29.7 Å². The molecule has 3 N–H and O–H groups in total. The van der Waals surface area contributed by atoms with E-state index in [1.807, 2.05) is 0 Å². The molecule has 0 spiro atoms. The van der Waals surface area contributed by atoms with E-state index in [0.29, 0.717) is 29.4 Å². The Kier molecular flexibility index (Phi) is 5.73. The molecule has 0 aliphatic heterocycles. The first-order valence-electron chi connectivity index (χ1n) is 7.52. The third-order valence-electron chi connectivity index (χ3n) is 4.14. The van der Waals surface area contributed by atoms with Crippen molar-refractivity contribution in [3.05, 3.63) is 22.7 Å². The molecule has 0 aromatic heterocycles. The summed E-state index contributed by atoms with van der Waals surface area (Å²) in [5, 5.41) is 24.4. The maximum absolute atomic E-state index is 10.6. The van der Waals surface area contributed by atoms with Crippen LogP contribution in [0.15, 0.2) is 12.1 Å². The molecule has 1 saturated carbocycles. The Balaban J connectivity index is 1.95. The van der Waals surface area contributed by atoms with E-state index >= 15 is 0 Å². The van der Waals surface area contributed by atoms with Gasteiger partial charge in [-0.2, -0.15) is 0 Å². The summed E-state index contributed by atoms with van der Waals surface area (Å²) in [6.45, 7) is 0.979. The van der Waals surface area contributed by atoms with Crippen LogP contribution in [0.1, 0.15) is 44.1 Å². The molecule has 4 nitrogen and oxygen atoms in total. The Morgan fingerprint density at radius 2 is 1.90 bits per heavy atom. The lowest BCUT2D eigenvalue weighted by Crippen LogP contribution is -2.39. The van der Waals surface area contributed by atoms with Gasteiger partial charge in [-0.1, -0.05) is 37.3 Å². The smallest absolute Gasteiger partial charge is 0.162 e. The predicted octanol–water partition coefficient (Wildman–Crippen LogP) is 3.23. The molecule has 1 aromatic carbocycles. The van der Waals surface area contributed by atoms with Gasteiger partial charge in [0.1, 0.15) is 0 Å². The zero-order valence-corrected chi connectivity index (χ0v) is 13.2. The largest absolute Gasteiger partial charge is 0.504 e. The maximum atomic E-state index is 10.6. The molecule has 0 unspecified atom stereocenters. The van der Waals surface area contributed by atoms with Gasteiger partial charge in [0.2, 0.25) is 0 Å². The summed E-state index contributed by atoms with van der Waals surface area (Å²) in [6, 6.07) is 3.29. The Labute approximate surface area is 131 Å². The van der Waals surface area contributed by atoms with Gasteiger partial charge in [-0.3, -0.25) is 0 Å². The van der Waals surface area contributed by atoms with Gasteiger partial charge in [-0.15, -0.1) is 0 Å². The number of nitrogens with one attached hydrogen (secondary N) is 1. The van der Waals surface area contributed by atoms with Crippen LogP contribution in [0.25, 0.3) is 0 Å². The Morgan fingerprint density at radius 1 is 1.24 bits per heavy atom. The second kappa shape index (κ2) is 7.34. The number of halogens is 1. The minimum absolute atomic E-state index is 0.0993. The number of rotatable bonds is 5. The normalized spacial score (nSPS) is 18.2. The number of benzene rings is 1. The molecule has 21 heavy (non-hydrogen) atoms. The highest BCUT2D eigenvalue weighted by molar-refractivity contribution is 6.30. The zero-order valence-electron chi connectivity index (χ0n) is 12.5. The highest BCUT2D eigenvalue weighted by Gasteiger charge is 2.27. The van der Waals surface area contributed by atoms with Crippen LogP contribution in [0.4, 0.5) is 0 Å². The van der Waals surface area contributed by atoms with Gasteiger partial charge in [-0.05, 0) is 18.9 Å². The third-order valence-corrected chi connectivity index (χ3v) is 4.36. The molecule has 0 atom stereocenters. The van der Waals surface area contributed by atoms with Crippen molar-refractivity contribution in [1.82, 2.24) is 5.32 Å². The SMILES string of the molecule is COc1cc(Cl)cc(CNCC2(O)CCCCCC2)c1O. The van der Waals surface area contributed by atoms with Crippen LogP contribution < -0.4 is 10.1 Å². The van der Waals surface area contributed by atoms with Gasteiger partial charge < -0.3 is 20.3 Å². The molecule has 1 fully saturated rings. The van der Waals surface area contributed by atoms with E-state index in [9.17, 15) is 10.2 Å². The van der Waals surface area contributed by atoms with E-state index in [-0.39, 0.29) is 5.75 Å². The number of aliphatic hydroxyl groups is 1. The van der Waals surface area contributed by atoms with E-state index in [1.54, 1.807) is 12.1 Å². The molecule has 2 rings (SSSR count). The van der Waals surface area contributed by atoms with E-state index in [1.165, 1.54) is 20.0 Å². The summed E-state index contributed by atoms with van der Waals surface area (Å²) in [5.41, 5.74) is 0.0472.